The number of esters is 4. The second-order valence-corrected chi connectivity index (χ2v) is 26.2. The number of hydrogen-bond acceptors (Lipinski definition) is 15. The average molecular weight is 1240 g/mol. The predicted octanol–water partition coefficient (Wildman–Crippen LogP) is 17.7. The first kappa shape index (κ1) is 81.5. The molecule has 0 rings (SSSR count). The van der Waals surface area contributed by atoms with E-state index >= 15 is 0 Å². The van der Waals surface area contributed by atoms with Crippen LogP contribution in [0.1, 0.15) is 304 Å². The van der Waals surface area contributed by atoms with Gasteiger partial charge in [0.15, 0.2) is 12.2 Å². The van der Waals surface area contributed by atoms with Gasteiger partial charge in [-0.25, -0.2) is 9.13 Å². The minimum Gasteiger partial charge on any atom is -0.462 e. The third-order valence-corrected chi connectivity index (χ3v) is 16.3. The highest BCUT2D eigenvalue weighted by Gasteiger charge is 2.30. The Morgan fingerprint density at radius 2 is 0.643 bits per heavy atom. The molecule has 19 heteroatoms. The largest absolute Gasteiger partial charge is 0.472 e. The molecule has 0 radical (unpaired) electrons. The second-order valence-electron chi connectivity index (χ2n) is 23.3. The van der Waals surface area contributed by atoms with Gasteiger partial charge >= 0.3 is 39.5 Å². The van der Waals surface area contributed by atoms with Crippen LogP contribution in [0.25, 0.3) is 0 Å². The Morgan fingerprint density at radius 3 is 0.976 bits per heavy atom. The number of allylic oxidation sites excluding steroid dienone is 4. The van der Waals surface area contributed by atoms with Gasteiger partial charge in [0.2, 0.25) is 0 Å². The molecular formula is C65H122O17P2. The number of phosphoric acid groups is 2. The molecule has 0 aliphatic heterocycles. The van der Waals surface area contributed by atoms with Gasteiger partial charge in [0.25, 0.3) is 0 Å². The Morgan fingerprint density at radius 1 is 0.369 bits per heavy atom. The first-order valence-electron chi connectivity index (χ1n) is 33.5. The van der Waals surface area contributed by atoms with Gasteiger partial charge in [0, 0.05) is 25.7 Å². The van der Waals surface area contributed by atoms with Crippen molar-refractivity contribution < 1.29 is 80.2 Å². The van der Waals surface area contributed by atoms with Crippen molar-refractivity contribution in [2.24, 2.45) is 5.92 Å². The summed E-state index contributed by atoms with van der Waals surface area (Å²) in [6.07, 6.45) is 46.2. The molecule has 84 heavy (non-hydrogen) atoms. The highest BCUT2D eigenvalue weighted by molar-refractivity contribution is 7.47. The molecule has 0 aromatic rings. The molecule has 0 amide bonds. The summed E-state index contributed by atoms with van der Waals surface area (Å²) in [4.78, 5) is 71.7. The van der Waals surface area contributed by atoms with Crippen LogP contribution in [0.2, 0.25) is 0 Å². The van der Waals surface area contributed by atoms with Gasteiger partial charge in [-0.3, -0.25) is 37.3 Å². The monoisotopic (exact) mass is 1240 g/mol. The zero-order valence-electron chi connectivity index (χ0n) is 53.5. The van der Waals surface area contributed by atoms with Crippen molar-refractivity contribution in [3.63, 3.8) is 0 Å². The fourth-order valence-corrected chi connectivity index (χ4v) is 10.8. The molecule has 0 aromatic carbocycles. The van der Waals surface area contributed by atoms with Gasteiger partial charge in [-0.15, -0.1) is 0 Å². The van der Waals surface area contributed by atoms with Gasteiger partial charge in [-0.2, -0.15) is 0 Å². The Bertz CT molecular complexity index is 1730. The molecule has 0 aliphatic carbocycles. The fourth-order valence-electron chi connectivity index (χ4n) is 9.22. The number of unbranched alkanes of at least 4 members (excludes halogenated alkanes) is 32. The molecule has 0 saturated carbocycles. The third kappa shape index (κ3) is 58.6. The van der Waals surface area contributed by atoms with Crippen molar-refractivity contribution >= 4 is 39.5 Å². The number of aliphatic hydroxyl groups excluding tert-OH is 1. The van der Waals surface area contributed by atoms with Gasteiger partial charge < -0.3 is 33.8 Å². The van der Waals surface area contributed by atoms with Crippen molar-refractivity contribution in [1.29, 1.82) is 0 Å². The zero-order chi connectivity index (χ0) is 62.0. The van der Waals surface area contributed by atoms with Crippen LogP contribution in [-0.4, -0.2) is 96.7 Å². The van der Waals surface area contributed by atoms with Crippen LogP contribution in [-0.2, 0) is 65.4 Å². The number of aliphatic hydroxyl groups is 1. The minimum absolute atomic E-state index is 0.0965. The van der Waals surface area contributed by atoms with E-state index in [9.17, 15) is 43.2 Å². The number of carbonyl (C=O) groups excluding carboxylic acids is 4. The van der Waals surface area contributed by atoms with E-state index in [-0.39, 0.29) is 25.7 Å². The van der Waals surface area contributed by atoms with Crippen LogP contribution in [0.15, 0.2) is 24.3 Å². The van der Waals surface area contributed by atoms with Crippen molar-refractivity contribution in [1.82, 2.24) is 0 Å². The number of ether oxygens (including phenoxy) is 4. The molecule has 0 bridgehead atoms. The summed E-state index contributed by atoms with van der Waals surface area (Å²) in [6, 6.07) is 0. The van der Waals surface area contributed by atoms with E-state index in [1.54, 1.807) is 0 Å². The maximum atomic E-state index is 13.0. The first-order valence-corrected chi connectivity index (χ1v) is 36.4. The summed E-state index contributed by atoms with van der Waals surface area (Å²) in [5.74, 6) is -1.38. The normalized spacial score (nSPS) is 14.4. The average Bonchev–Trinajstić information content (AvgIpc) is 3.48. The minimum atomic E-state index is -4.95. The molecule has 0 fully saturated rings. The Labute approximate surface area is 510 Å². The lowest BCUT2D eigenvalue weighted by molar-refractivity contribution is -0.161. The molecule has 3 N–H and O–H groups in total. The van der Waals surface area contributed by atoms with E-state index in [1.165, 1.54) is 103 Å². The summed E-state index contributed by atoms with van der Waals surface area (Å²) in [5, 5.41) is 10.5. The van der Waals surface area contributed by atoms with Crippen LogP contribution in [0.3, 0.4) is 0 Å². The molecular weight excluding hydrogens is 1110 g/mol. The lowest BCUT2D eigenvalue weighted by Gasteiger charge is -2.21. The van der Waals surface area contributed by atoms with Crippen molar-refractivity contribution in [3.8, 4) is 0 Å². The quantitative estimate of drug-likeness (QED) is 0.0169. The summed E-state index contributed by atoms with van der Waals surface area (Å²) < 4.78 is 67.5. The van der Waals surface area contributed by atoms with Crippen LogP contribution < -0.4 is 0 Å². The second kappa shape index (κ2) is 58.2. The Balaban J connectivity index is 5.12. The lowest BCUT2D eigenvalue weighted by Crippen LogP contribution is -2.30. The summed E-state index contributed by atoms with van der Waals surface area (Å²) >= 11 is 0. The molecule has 0 spiro atoms. The number of rotatable bonds is 63. The Hall–Kier alpha value is -2.46. The molecule has 0 heterocycles. The Kier molecular flexibility index (Phi) is 56.5. The molecule has 0 aromatic heterocycles. The highest BCUT2D eigenvalue weighted by atomic mass is 31.2. The third-order valence-electron chi connectivity index (χ3n) is 14.4. The van der Waals surface area contributed by atoms with Gasteiger partial charge in [0.05, 0.1) is 26.4 Å². The number of hydrogen-bond donors (Lipinski definition) is 3. The van der Waals surface area contributed by atoms with Gasteiger partial charge in [-0.05, 0) is 57.3 Å². The lowest BCUT2D eigenvalue weighted by atomic mass is 10.0. The van der Waals surface area contributed by atoms with E-state index in [1.807, 2.05) is 0 Å². The van der Waals surface area contributed by atoms with E-state index in [0.29, 0.717) is 25.7 Å². The van der Waals surface area contributed by atoms with E-state index in [4.69, 9.17) is 37.0 Å². The van der Waals surface area contributed by atoms with E-state index in [0.717, 1.165) is 121 Å². The number of phosphoric ester groups is 2. The SMILES string of the molecule is CCCCCC/C=C\C=C/CCCCCCCC(=O)OC[C@H](COP(=O)(O)OC[C@@H](O)COP(=O)(O)OC[C@@H](COC(=O)CCCCCCC)OC(=O)CCCCCCC)OC(=O)CCCCCCCCCCCCCCCCCCC(C)C. The maximum Gasteiger partial charge on any atom is 0.472 e. The zero-order valence-corrected chi connectivity index (χ0v) is 55.3. The molecule has 5 atom stereocenters. The van der Waals surface area contributed by atoms with Crippen LogP contribution in [0.5, 0.6) is 0 Å². The summed E-state index contributed by atoms with van der Waals surface area (Å²) in [7, 11) is -9.88. The smallest absolute Gasteiger partial charge is 0.462 e. The molecule has 17 nitrogen and oxygen atoms in total. The van der Waals surface area contributed by atoms with Crippen LogP contribution in [0, 0.1) is 5.92 Å². The van der Waals surface area contributed by atoms with E-state index in [2.05, 4.69) is 58.9 Å². The molecule has 494 valence electrons. The molecule has 2 unspecified atom stereocenters. The molecule has 0 saturated heterocycles. The van der Waals surface area contributed by atoms with Gasteiger partial charge in [0.1, 0.15) is 19.3 Å². The maximum absolute atomic E-state index is 13.0. The van der Waals surface area contributed by atoms with Crippen molar-refractivity contribution in [3.05, 3.63) is 24.3 Å². The van der Waals surface area contributed by atoms with Crippen LogP contribution >= 0.6 is 15.6 Å². The standard InChI is InChI=1S/C65H122O17P2/c1-6-9-12-15-16-17-18-19-22-26-29-32-35-40-44-49-63(68)76-55-61(82-65(70)51-46-41-36-33-30-27-24-21-20-23-25-28-31-34-39-42-47-58(4)5)57-80-84(73,74)78-53-59(66)52-77-83(71,72)79-56-60(81-64(69)50-45-38-14-11-8-3)54-75-62(67)48-43-37-13-10-7-2/h17-19,22,58-61,66H,6-16,20-21,23-57H2,1-5H3,(H,71,72)(H,73,74)/b18-17-,22-19-/t59-,60+,61+/m0/s1. The topological polar surface area (TPSA) is 237 Å². The molecule has 0 aliphatic rings. The summed E-state index contributed by atoms with van der Waals surface area (Å²) in [5.41, 5.74) is 0. The van der Waals surface area contributed by atoms with Crippen molar-refractivity contribution in [2.75, 3.05) is 39.6 Å². The highest BCUT2D eigenvalue weighted by Crippen LogP contribution is 2.45. The van der Waals surface area contributed by atoms with E-state index < -0.39 is 97.5 Å². The summed E-state index contributed by atoms with van der Waals surface area (Å²) in [6.45, 7) is 6.98. The fraction of sp³-hybridized carbons (Fsp3) is 0.877. The van der Waals surface area contributed by atoms with Crippen LogP contribution in [0.4, 0.5) is 0 Å². The first-order chi connectivity index (χ1) is 40.5. The van der Waals surface area contributed by atoms with Crippen molar-refractivity contribution in [2.45, 2.75) is 323 Å². The van der Waals surface area contributed by atoms with Gasteiger partial charge in [-0.1, -0.05) is 252 Å². The number of carbonyl (C=O) groups is 4. The predicted molar refractivity (Wildman–Crippen MR) is 335 cm³/mol.